The molecule has 0 aromatic carbocycles. The Morgan fingerprint density at radius 2 is 1.68 bits per heavy atom. The van der Waals surface area contributed by atoms with Crippen molar-refractivity contribution in [3.63, 3.8) is 0 Å². The molecule has 0 aromatic rings. The third kappa shape index (κ3) is 9.07. The van der Waals surface area contributed by atoms with Gasteiger partial charge in [0.1, 0.15) is 0 Å². The molecule has 0 aromatic heterocycles. The summed E-state index contributed by atoms with van der Waals surface area (Å²) in [4.78, 5) is 34.5. The Hall–Kier alpha value is -1.59. The number of carbonyl (C=O) groups excluding carboxylic acids is 2. The van der Waals surface area contributed by atoms with Crippen molar-refractivity contribution in [1.82, 2.24) is 0 Å². The van der Waals surface area contributed by atoms with Crippen LogP contribution >= 0.6 is 0 Å². The van der Waals surface area contributed by atoms with E-state index < -0.39 is 17.7 Å². The number of alkyl halides is 2. The van der Waals surface area contributed by atoms with E-state index in [1.165, 1.54) is 6.08 Å². The molecule has 0 spiro atoms. The van der Waals surface area contributed by atoms with Gasteiger partial charge in [-0.3, -0.25) is 14.4 Å². The van der Waals surface area contributed by atoms with Crippen LogP contribution in [0.1, 0.15) is 90.4 Å². The number of rotatable bonds is 16. The average Bonchev–Trinajstić information content (AvgIpc) is 2.99. The molecular formula is C22H34F2O4. The molecule has 1 unspecified atom stereocenters. The minimum absolute atomic E-state index is 0.00862. The largest absolute Gasteiger partial charge is 0.481 e. The van der Waals surface area contributed by atoms with E-state index in [0.29, 0.717) is 25.7 Å². The molecule has 0 radical (unpaired) electrons. The highest BCUT2D eigenvalue weighted by molar-refractivity contribution is 5.94. The van der Waals surface area contributed by atoms with Crippen LogP contribution in [0.3, 0.4) is 0 Å². The molecule has 2 atom stereocenters. The fraction of sp³-hybridized carbons (Fsp3) is 0.773. The molecule has 4 nitrogen and oxygen atoms in total. The molecule has 1 aliphatic carbocycles. The van der Waals surface area contributed by atoms with Gasteiger partial charge in [0.2, 0.25) is 5.78 Å². The molecule has 0 fully saturated rings. The van der Waals surface area contributed by atoms with Crippen LogP contribution in [0, 0.1) is 11.8 Å². The van der Waals surface area contributed by atoms with Gasteiger partial charge in [-0.25, -0.2) is 0 Å². The van der Waals surface area contributed by atoms with Gasteiger partial charge in [0.05, 0.1) is 0 Å². The Morgan fingerprint density at radius 3 is 2.36 bits per heavy atom. The normalized spacial score (nSPS) is 19.3. The number of carboxylic acids is 1. The lowest BCUT2D eigenvalue weighted by Crippen LogP contribution is -2.29. The fourth-order valence-corrected chi connectivity index (χ4v) is 3.73. The van der Waals surface area contributed by atoms with Gasteiger partial charge in [-0.05, 0) is 37.7 Å². The Balaban J connectivity index is 2.34. The maximum absolute atomic E-state index is 14.0. The van der Waals surface area contributed by atoms with Gasteiger partial charge in [-0.2, -0.15) is 8.78 Å². The van der Waals surface area contributed by atoms with Gasteiger partial charge in [-0.15, -0.1) is 0 Å². The van der Waals surface area contributed by atoms with Crippen LogP contribution in [-0.2, 0) is 14.4 Å². The molecule has 1 N–H and O–H groups in total. The van der Waals surface area contributed by atoms with Gasteiger partial charge in [-0.1, -0.05) is 51.5 Å². The predicted molar refractivity (Wildman–Crippen MR) is 104 cm³/mol. The number of allylic oxidation sites excluding steroid dienone is 2. The van der Waals surface area contributed by atoms with E-state index in [0.717, 1.165) is 32.1 Å². The van der Waals surface area contributed by atoms with Crippen LogP contribution < -0.4 is 0 Å². The Kier molecular flexibility index (Phi) is 11.2. The first-order valence-corrected chi connectivity index (χ1v) is 10.6. The van der Waals surface area contributed by atoms with Crippen molar-refractivity contribution in [2.45, 2.75) is 96.3 Å². The van der Waals surface area contributed by atoms with E-state index in [2.05, 4.69) is 0 Å². The molecular weight excluding hydrogens is 366 g/mol. The summed E-state index contributed by atoms with van der Waals surface area (Å²) < 4.78 is 28.0. The molecule has 0 aliphatic heterocycles. The van der Waals surface area contributed by atoms with Gasteiger partial charge in [0.15, 0.2) is 5.78 Å². The summed E-state index contributed by atoms with van der Waals surface area (Å²) in [5.41, 5.74) is 0. The number of ketones is 2. The summed E-state index contributed by atoms with van der Waals surface area (Å²) in [7, 11) is 0. The van der Waals surface area contributed by atoms with E-state index in [1.807, 2.05) is 6.92 Å². The zero-order valence-electron chi connectivity index (χ0n) is 16.9. The number of halogens is 2. The van der Waals surface area contributed by atoms with Crippen LogP contribution in [0.25, 0.3) is 0 Å². The molecule has 28 heavy (non-hydrogen) atoms. The molecule has 0 amide bonds. The van der Waals surface area contributed by atoms with Crippen molar-refractivity contribution < 1.29 is 28.3 Å². The van der Waals surface area contributed by atoms with Crippen LogP contribution in [-0.4, -0.2) is 28.6 Å². The number of hydrogen-bond acceptors (Lipinski definition) is 3. The summed E-state index contributed by atoms with van der Waals surface area (Å²) >= 11 is 0. The van der Waals surface area contributed by atoms with Crippen LogP contribution in [0.2, 0.25) is 0 Å². The Morgan fingerprint density at radius 1 is 1.00 bits per heavy atom. The van der Waals surface area contributed by atoms with Gasteiger partial charge in [0, 0.05) is 25.2 Å². The van der Waals surface area contributed by atoms with Crippen molar-refractivity contribution in [2.75, 3.05) is 0 Å². The minimum atomic E-state index is -3.26. The van der Waals surface area contributed by atoms with Crippen molar-refractivity contribution in [1.29, 1.82) is 0 Å². The van der Waals surface area contributed by atoms with E-state index in [1.54, 1.807) is 6.08 Å². The monoisotopic (exact) mass is 400 g/mol. The number of carbonyl (C=O) groups is 3. The van der Waals surface area contributed by atoms with Crippen LogP contribution in [0.15, 0.2) is 12.2 Å². The molecule has 0 saturated heterocycles. The predicted octanol–water partition coefficient (Wildman–Crippen LogP) is 5.74. The lowest BCUT2D eigenvalue weighted by Gasteiger charge is -2.20. The second-order valence-electron chi connectivity index (χ2n) is 7.86. The summed E-state index contributed by atoms with van der Waals surface area (Å²) in [5, 5.41) is 8.61. The highest BCUT2D eigenvalue weighted by atomic mass is 19.3. The third-order valence-corrected chi connectivity index (χ3v) is 5.50. The standard InChI is InChI=1S/C22H34F2O4/c1-2-3-4-9-16-22(23,24)20(26)15-13-17-12-14-19(25)18(17)10-7-5-6-8-11-21(27)28/h12,14,17-18H,2-11,13,15-16H2,1H3,(H,27,28)/t17-,18?/m1/s1. The number of unbranched alkanes of at least 4 members (excludes halogenated alkanes) is 6. The molecule has 160 valence electrons. The van der Waals surface area contributed by atoms with E-state index in [4.69, 9.17) is 5.11 Å². The Labute approximate surface area is 166 Å². The zero-order chi connectivity index (χ0) is 21.0. The SMILES string of the molecule is CCCCCCC(F)(F)C(=O)CC[C@H]1C=CC(=O)C1CCCCCCC(=O)O. The average molecular weight is 401 g/mol. The first-order chi connectivity index (χ1) is 13.3. The van der Waals surface area contributed by atoms with Crippen molar-refractivity contribution in [3.05, 3.63) is 12.2 Å². The van der Waals surface area contributed by atoms with Crippen molar-refractivity contribution in [3.8, 4) is 0 Å². The lowest BCUT2D eigenvalue weighted by molar-refractivity contribution is -0.144. The molecule has 0 heterocycles. The maximum Gasteiger partial charge on any atom is 0.305 e. The Bertz CT molecular complexity index is 543. The first-order valence-electron chi connectivity index (χ1n) is 10.6. The first kappa shape index (κ1) is 24.4. The van der Waals surface area contributed by atoms with Crippen molar-refractivity contribution in [2.24, 2.45) is 11.8 Å². The summed E-state index contributed by atoms with van der Waals surface area (Å²) in [6.07, 6.45) is 9.79. The van der Waals surface area contributed by atoms with Gasteiger partial charge < -0.3 is 5.11 Å². The van der Waals surface area contributed by atoms with Gasteiger partial charge >= 0.3 is 11.9 Å². The van der Waals surface area contributed by atoms with E-state index >= 15 is 0 Å². The summed E-state index contributed by atoms with van der Waals surface area (Å²) in [6, 6.07) is 0. The van der Waals surface area contributed by atoms with Gasteiger partial charge in [0.25, 0.3) is 0 Å². The molecule has 1 aliphatic rings. The topological polar surface area (TPSA) is 71.4 Å². The lowest BCUT2D eigenvalue weighted by atomic mass is 9.85. The second-order valence-corrected chi connectivity index (χ2v) is 7.86. The minimum Gasteiger partial charge on any atom is -0.481 e. The highest BCUT2D eigenvalue weighted by Crippen LogP contribution is 2.33. The number of hydrogen-bond donors (Lipinski definition) is 1. The van der Waals surface area contributed by atoms with E-state index in [-0.39, 0.29) is 43.3 Å². The summed E-state index contributed by atoms with van der Waals surface area (Å²) in [6.45, 7) is 2.01. The number of Topliss-reactive ketones (excluding diaryl/α,β-unsaturated/α-hetero) is 1. The maximum atomic E-state index is 14.0. The van der Waals surface area contributed by atoms with E-state index in [9.17, 15) is 23.2 Å². The van der Waals surface area contributed by atoms with Crippen LogP contribution in [0.5, 0.6) is 0 Å². The molecule has 6 heteroatoms. The smallest absolute Gasteiger partial charge is 0.305 e. The quantitative estimate of drug-likeness (QED) is 0.335. The number of carboxylic acid groups (broad SMARTS) is 1. The molecule has 0 bridgehead atoms. The fourth-order valence-electron chi connectivity index (χ4n) is 3.73. The summed E-state index contributed by atoms with van der Waals surface area (Å²) in [5.74, 6) is -5.45. The van der Waals surface area contributed by atoms with Crippen LogP contribution in [0.4, 0.5) is 8.78 Å². The second kappa shape index (κ2) is 12.8. The highest BCUT2D eigenvalue weighted by Gasteiger charge is 2.38. The third-order valence-electron chi connectivity index (χ3n) is 5.50. The molecule has 1 rings (SSSR count). The zero-order valence-corrected chi connectivity index (χ0v) is 16.9. The number of aliphatic carboxylic acids is 1. The molecule has 0 saturated carbocycles. The van der Waals surface area contributed by atoms with Crippen molar-refractivity contribution >= 4 is 17.5 Å².